The van der Waals surface area contributed by atoms with E-state index in [0.717, 1.165) is 0 Å². The zero-order valence-electron chi connectivity index (χ0n) is 22.8. The number of halogens is 3. The molecule has 2 aromatic heterocycles. The second kappa shape index (κ2) is 11.0. The molecule has 214 valence electrons. The highest BCUT2D eigenvalue weighted by molar-refractivity contribution is 6.07. The lowest BCUT2D eigenvalue weighted by atomic mass is 10.0. The number of fused-ring (bicyclic) bond motifs is 1. The molecule has 0 radical (unpaired) electrons. The highest BCUT2D eigenvalue weighted by Crippen LogP contribution is 2.41. The molecular formula is C26H31F3N8O3. The van der Waals surface area contributed by atoms with E-state index in [9.17, 15) is 18.0 Å². The average Bonchev–Trinajstić information content (AvgIpc) is 2.87. The molecule has 0 aliphatic carbocycles. The van der Waals surface area contributed by atoms with Gasteiger partial charge in [0.1, 0.15) is 11.5 Å². The average molecular weight is 561 g/mol. The van der Waals surface area contributed by atoms with Crippen LogP contribution in [0.1, 0.15) is 13.8 Å². The quantitative estimate of drug-likeness (QED) is 0.372. The van der Waals surface area contributed by atoms with Crippen LogP contribution in [0.4, 0.5) is 47.8 Å². The van der Waals surface area contributed by atoms with Crippen molar-refractivity contribution in [3.05, 3.63) is 42.6 Å². The Hall–Kier alpha value is -4.33. The fraction of sp³-hybridized carbons (Fsp3) is 0.385. The highest BCUT2D eigenvalue weighted by atomic mass is 19.4. The summed E-state index contributed by atoms with van der Waals surface area (Å²) in [7, 11) is 5.61. The number of amides is 1. The lowest BCUT2D eigenvalue weighted by Gasteiger charge is -2.37. The van der Waals surface area contributed by atoms with Gasteiger partial charge in [-0.2, -0.15) is 23.1 Å². The molecule has 0 fully saturated rings. The number of pyridine rings is 1. The molecule has 0 spiro atoms. The number of hydrogen-bond acceptors (Lipinski definition) is 10. The number of likely N-dealkylation sites (N-methyl/N-ethyl adjacent to an activating group) is 2. The normalized spacial score (nSPS) is 14.5. The first-order valence-corrected chi connectivity index (χ1v) is 12.3. The zero-order valence-corrected chi connectivity index (χ0v) is 22.8. The van der Waals surface area contributed by atoms with Crippen LogP contribution in [0.3, 0.4) is 0 Å². The van der Waals surface area contributed by atoms with Crippen molar-refractivity contribution in [2.45, 2.75) is 25.6 Å². The van der Waals surface area contributed by atoms with Gasteiger partial charge in [0.05, 0.1) is 11.9 Å². The molecule has 1 aromatic carbocycles. The van der Waals surface area contributed by atoms with E-state index in [1.54, 1.807) is 56.1 Å². The van der Waals surface area contributed by atoms with Gasteiger partial charge >= 0.3 is 6.18 Å². The molecule has 4 rings (SSSR count). The van der Waals surface area contributed by atoms with Crippen molar-refractivity contribution in [2.75, 3.05) is 61.7 Å². The van der Waals surface area contributed by atoms with Crippen molar-refractivity contribution < 1.29 is 27.4 Å². The Labute approximate surface area is 229 Å². The van der Waals surface area contributed by atoms with Crippen molar-refractivity contribution in [1.82, 2.24) is 19.9 Å². The lowest BCUT2D eigenvalue weighted by Crippen LogP contribution is -2.51. The summed E-state index contributed by atoms with van der Waals surface area (Å²) in [6.07, 6.45) is -3.19. The third-order valence-electron chi connectivity index (χ3n) is 5.90. The molecule has 40 heavy (non-hydrogen) atoms. The van der Waals surface area contributed by atoms with Crippen LogP contribution in [0, 0.1) is 0 Å². The summed E-state index contributed by atoms with van der Waals surface area (Å²) in [5.74, 6) is 0.103. The van der Waals surface area contributed by atoms with Gasteiger partial charge in [0.15, 0.2) is 23.8 Å². The summed E-state index contributed by atoms with van der Waals surface area (Å²) >= 11 is 0. The predicted octanol–water partition coefficient (Wildman–Crippen LogP) is 3.97. The van der Waals surface area contributed by atoms with Crippen molar-refractivity contribution in [1.29, 1.82) is 0 Å². The van der Waals surface area contributed by atoms with E-state index >= 15 is 0 Å². The standard InChI is InChI=1S/C26H31F3N8O3/c1-25(2)23(38)37(17-8-6-7-16(30)13-17)21-19(40-25)14-31-24(34-21)32-18-9-10-20(36(5)12-11-35(3)4)33-22(18)39-15-26(27,28)29/h6-10,13-14H,11-12,15,30H2,1-5H3,(H,31,32,34). The summed E-state index contributed by atoms with van der Waals surface area (Å²) in [6, 6.07) is 9.89. The molecule has 0 unspecified atom stereocenters. The number of carbonyl (C=O) groups excluding carboxylic acids is 1. The summed E-state index contributed by atoms with van der Waals surface area (Å²) in [5.41, 5.74) is 5.75. The van der Waals surface area contributed by atoms with Gasteiger partial charge < -0.3 is 30.3 Å². The number of nitrogen functional groups attached to an aromatic ring is 1. The van der Waals surface area contributed by atoms with Gasteiger partial charge in [0, 0.05) is 25.8 Å². The molecule has 0 bridgehead atoms. The fourth-order valence-electron chi connectivity index (χ4n) is 3.83. The Bertz CT molecular complexity index is 1380. The van der Waals surface area contributed by atoms with Crippen LogP contribution in [0.15, 0.2) is 42.6 Å². The summed E-state index contributed by atoms with van der Waals surface area (Å²) in [5, 5.41) is 2.87. The molecule has 0 atom stereocenters. The van der Waals surface area contributed by atoms with Gasteiger partial charge in [0.25, 0.3) is 5.91 Å². The Morgan fingerprint density at radius 3 is 2.55 bits per heavy atom. The summed E-state index contributed by atoms with van der Waals surface area (Å²) < 4.78 is 50.0. The molecule has 0 saturated heterocycles. The number of benzene rings is 1. The highest BCUT2D eigenvalue weighted by Gasteiger charge is 2.43. The number of aromatic nitrogens is 3. The van der Waals surface area contributed by atoms with Gasteiger partial charge in [0.2, 0.25) is 11.8 Å². The van der Waals surface area contributed by atoms with Gasteiger partial charge in [-0.1, -0.05) is 6.07 Å². The maximum Gasteiger partial charge on any atom is 0.422 e. The molecule has 3 aromatic rings. The van der Waals surface area contributed by atoms with Gasteiger partial charge in [-0.3, -0.25) is 9.69 Å². The van der Waals surface area contributed by atoms with Crippen LogP contribution in [-0.2, 0) is 4.79 Å². The van der Waals surface area contributed by atoms with Gasteiger partial charge in [-0.25, -0.2) is 4.98 Å². The molecule has 14 heteroatoms. The smallest absolute Gasteiger partial charge is 0.422 e. The Balaban J connectivity index is 1.70. The van der Waals surface area contributed by atoms with Crippen LogP contribution in [0.2, 0.25) is 0 Å². The van der Waals surface area contributed by atoms with Crippen molar-refractivity contribution >= 4 is 40.6 Å². The van der Waals surface area contributed by atoms with Crippen LogP contribution in [-0.4, -0.2) is 78.4 Å². The first-order valence-electron chi connectivity index (χ1n) is 12.3. The van der Waals surface area contributed by atoms with Crippen LogP contribution >= 0.6 is 0 Å². The van der Waals surface area contributed by atoms with E-state index in [2.05, 4.69) is 20.3 Å². The number of hydrogen-bond donors (Lipinski definition) is 2. The molecule has 11 nitrogen and oxygen atoms in total. The second-order valence-corrected chi connectivity index (χ2v) is 10.0. The number of carbonyl (C=O) groups is 1. The van der Waals surface area contributed by atoms with E-state index in [0.29, 0.717) is 30.3 Å². The molecule has 1 aliphatic rings. The number of anilines is 6. The first kappa shape index (κ1) is 28.7. The lowest BCUT2D eigenvalue weighted by molar-refractivity contribution is -0.153. The topological polar surface area (TPSA) is 122 Å². The van der Waals surface area contributed by atoms with Gasteiger partial charge in [-0.05, 0) is 58.3 Å². The van der Waals surface area contributed by atoms with Crippen LogP contribution < -0.4 is 30.3 Å². The molecule has 1 amide bonds. The van der Waals surface area contributed by atoms with E-state index in [4.69, 9.17) is 15.2 Å². The van der Waals surface area contributed by atoms with Gasteiger partial charge in [-0.15, -0.1) is 0 Å². The summed E-state index contributed by atoms with van der Waals surface area (Å²) in [4.78, 5) is 31.5. The third kappa shape index (κ3) is 6.62. The predicted molar refractivity (Wildman–Crippen MR) is 146 cm³/mol. The number of nitrogens with one attached hydrogen (secondary N) is 1. The Kier molecular flexibility index (Phi) is 7.91. The maximum atomic E-state index is 13.4. The second-order valence-electron chi connectivity index (χ2n) is 10.0. The molecule has 1 aliphatic heterocycles. The minimum atomic E-state index is -4.57. The van der Waals surface area contributed by atoms with E-state index in [1.807, 2.05) is 19.0 Å². The summed E-state index contributed by atoms with van der Waals surface area (Å²) in [6.45, 7) is 3.00. The molecule has 0 saturated carbocycles. The van der Waals surface area contributed by atoms with E-state index in [-0.39, 0.29) is 29.1 Å². The number of rotatable bonds is 9. The zero-order chi connectivity index (χ0) is 29.2. The fourth-order valence-corrected chi connectivity index (χ4v) is 3.83. The Morgan fingerprint density at radius 2 is 1.88 bits per heavy atom. The minimum Gasteiger partial charge on any atom is -0.472 e. The number of nitrogens with two attached hydrogens (primary N) is 1. The number of nitrogens with zero attached hydrogens (tertiary/aromatic N) is 6. The van der Waals surface area contributed by atoms with E-state index in [1.165, 1.54) is 17.2 Å². The largest absolute Gasteiger partial charge is 0.472 e. The van der Waals surface area contributed by atoms with Crippen LogP contribution in [0.25, 0.3) is 0 Å². The molecular weight excluding hydrogens is 529 g/mol. The SMILES string of the molecule is CN(C)CCN(C)c1ccc(Nc2ncc3c(n2)N(c2cccc(N)c2)C(=O)C(C)(C)O3)c(OCC(F)(F)F)n1. The van der Waals surface area contributed by atoms with E-state index < -0.39 is 24.3 Å². The Morgan fingerprint density at radius 1 is 1.12 bits per heavy atom. The molecule has 3 N–H and O–H groups in total. The van der Waals surface area contributed by atoms with Crippen LogP contribution in [0.5, 0.6) is 11.6 Å². The van der Waals surface area contributed by atoms with Crippen molar-refractivity contribution in [3.63, 3.8) is 0 Å². The first-order chi connectivity index (χ1) is 18.7. The minimum absolute atomic E-state index is 0.0175. The third-order valence-corrected chi connectivity index (χ3v) is 5.90. The number of ether oxygens (including phenoxy) is 2. The number of alkyl halides is 3. The van der Waals surface area contributed by atoms with Crippen molar-refractivity contribution in [2.24, 2.45) is 0 Å². The monoisotopic (exact) mass is 560 g/mol. The van der Waals surface area contributed by atoms with Crippen molar-refractivity contribution in [3.8, 4) is 11.6 Å². The molecule has 3 heterocycles. The maximum absolute atomic E-state index is 13.4.